The van der Waals surface area contributed by atoms with Crippen LogP contribution in [-0.4, -0.2) is 21.9 Å². The van der Waals surface area contributed by atoms with Gasteiger partial charge >= 0.3 is 0 Å². The van der Waals surface area contributed by atoms with Crippen molar-refractivity contribution in [2.45, 2.75) is 38.3 Å². The molecule has 1 unspecified atom stereocenters. The number of carbonyl (C=O) groups excluding carboxylic acids is 1. The Hall–Kier alpha value is -3.69. The monoisotopic (exact) mass is 464 g/mol. The van der Waals surface area contributed by atoms with Crippen LogP contribution in [-0.2, 0) is 0 Å². The number of rotatable bonds is 5. The van der Waals surface area contributed by atoms with Crippen molar-refractivity contribution in [2.75, 3.05) is 5.32 Å². The molecule has 33 heavy (non-hydrogen) atoms. The fourth-order valence-corrected chi connectivity index (χ4v) is 5.20. The number of carbonyl (C=O) groups is 1. The fourth-order valence-electron chi connectivity index (χ4n) is 4.95. The molecule has 1 aliphatic heterocycles. The third-order valence-electron chi connectivity index (χ3n) is 6.51. The molecule has 2 heterocycles. The van der Waals surface area contributed by atoms with Crippen molar-refractivity contribution in [2.24, 2.45) is 11.3 Å². The molecule has 3 aliphatic carbocycles. The molecule has 0 radical (unpaired) electrons. The average molecular weight is 465 g/mol. The largest absolute Gasteiger partial charge is 0.434 e. The van der Waals surface area contributed by atoms with Crippen LogP contribution in [0.1, 0.15) is 53.8 Å². The van der Waals surface area contributed by atoms with E-state index in [1.807, 2.05) is 6.07 Å². The Morgan fingerprint density at radius 3 is 2.79 bits per heavy atom. The third kappa shape index (κ3) is 3.55. The van der Waals surface area contributed by atoms with Crippen molar-refractivity contribution in [1.29, 1.82) is 10.5 Å². The van der Waals surface area contributed by atoms with Crippen LogP contribution in [0, 0.1) is 39.8 Å². The molecule has 3 saturated carbocycles. The normalized spacial score (nSPS) is 26.8. The van der Waals surface area contributed by atoms with Crippen LogP contribution in [0.3, 0.4) is 0 Å². The lowest BCUT2D eigenvalue weighted by Crippen LogP contribution is -2.29. The lowest BCUT2D eigenvalue weighted by Gasteiger charge is -2.31. The van der Waals surface area contributed by atoms with Gasteiger partial charge in [0, 0.05) is 12.1 Å². The lowest BCUT2D eigenvalue weighted by atomic mass is 9.71. The number of anilines is 1. The molecule has 1 aromatic heterocycles. The maximum Gasteiger partial charge on any atom is 0.271 e. The van der Waals surface area contributed by atoms with E-state index in [2.05, 4.69) is 26.7 Å². The summed E-state index contributed by atoms with van der Waals surface area (Å²) in [5.74, 6) is -0.797. The number of benzene rings is 1. The number of fused-ring (bicyclic) bond motifs is 2. The van der Waals surface area contributed by atoms with Gasteiger partial charge in [0.05, 0.1) is 34.2 Å². The number of hydrogen-bond donors (Lipinski definition) is 2. The van der Waals surface area contributed by atoms with E-state index in [0.717, 1.165) is 12.8 Å². The molecule has 0 spiro atoms. The molecule has 3 fully saturated rings. The van der Waals surface area contributed by atoms with Gasteiger partial charge in [-0.2, -0.15) is 15.5 Å². The van der Waals surface area contributed by atoms with E-state index in [-0.39, 0.29) is 45.7 Å². The minimum absolute atomic E-state index is 0.00743. The van der Waals surface area contributed by atoms with Crippen LogP contribution in [0.2, 0.25) is 5.02 Å². The van der Waals surface area contributed by atoms with E-state index in [4.69, 9.17) is 21.6 Å². The summed E-state index contributed by atoms with van der Waals surface area (Å²) in [5, 5.41) is 24.1. The van der Waals surface area contributed by atoms with E-state index < -0.39 is 11.9 Å². The number of halogens is 2. The van der Waals surface area contributed by atoms with E-state index in [9.17, 15) is 14.4 Å². The molecule has 2 N–H and O–H groups in total. The van der Waals surface area contributed by atoms with Crippen LogP contribution < -0.4 is 15.4 Å². The van der Waals surface area contributed by atoms with Crippen LogP contribution in [0.5, 0.6) is 11.6 Å². The number of nitriles is 2. The molecule has 166 valence electrons. The maximum atomic E-state index is 14.8. The molecule has 1 amide bonds. The molecule has 0 saturated heterocycles. The standard InChI is InChI=1S/C23H18ClFN6O2/c1-11-17-18(20(32)28-11)30-22(29-16-9-23(10-27)7-13(16)8-23)31-21(17)33-19-14(24)5-12(3-2-4-26)6-15(19)25/h2-3,5-6,11,13,16H,7-9H2,1H3,(H,28,32)(H,29,30,31)/b3-2+/t11-,13?,16?,23?/m0/s1. The number of hydrogen-bond acceptors (Lipinski definition) is 7. The molecule has 2 bridgehead atoms. The van der Waals surface area contributed by atoms with E-state index in [1.165, 1.54) is 24.3 Å². The summed E-state index contributed by atoms with van der Waals surface area (Å²) < 4.78 is 20.6. The Kier molecular flexibility index (Phi) is 4.95. The second kappa shape index (κ2) is 7.72. The van der Waals surface area contributed by atoms with Gasteiger partial charge in [-0.3, -0.25) is 4.79 Å². The Labute approximate surface area is 194 Å². The second-order valence-corrected chi connectivity index (χ2v) is 9.11. The first-order valence-electron chi connectivity index (χ1n) is 10.5. The number of allylic oxidation sites excluding steroid dienone is 1. The molecular formula is C23H18ClFN6O2. The minimum Gasteiger partial charge on any atom is -0.434 e. The smallest absolute Gasteiger partial charge is 0.271 e. The van der Waals surface area contributed by atoms with Gasteiger partial charge in [0.1, 0.15) is 5.69 Å². The topological polar surface area (TPSA) is 124 Å². The Bertz CT molecular complexity index is 1270. The van der Waals surface area contributed by atoms with Crippen LogP contribution >= 0.6 is 11.6 Å². The van der Waals surface area contributed by atoms with Gasteiger partial charge in [-0.15, -0.1) is 0 Å². The highest BCUT2D eigenvalue weighted by Crippen LogP contribution is 2.59. The predicted molar refractivity (Wildman–Crippen MR) is 117 cm³/mol. The van der Waals surface area contributed by atoms with Crippen molar-refractivity contribution in [1.82, 2.24) is 15.3 Å². The number of nitrogens with zero attached hydrogens (tertiary/aromatic N) is 4. The fraction of sp³-hybridized carbons (Fsp3) is 0.348. The highest BCUT2D eigenvalue weighted by molar-refractivity contribution is 6.32. The molecule has 4 aliphatic rings. The summed E-state index contributed by atoms with van der Waals surface area (Å²) in [4.78, 5) is 21.3. The van der Waals surface area contributed by atoms with Gasteiger partial charge in [0.2, 0.25) is 11.8 Å². The summed E-state index contributed by atoms with van der Waals surface area (Å²) in [7, 11) is 0. The first kappa shape index (κ1) is 21.2. The van der Waals surface area contributed by atoms with Crippen LogP contribution in [0.15, 0.2) is 18.2 Å². The van der Waals surface area contributed by atoms with Crippen LogP contribution in [0.4, 0.5) is 10.3 Å². The summed E-state index contributed by atoms with van der Waals surface area (Å²) in [6.45, 7) is 1.75. The SMILES string of the molecule is C[C@@H]1NC(=O)c2nc(NC3CC4(C#N)CC3C4)nc(Oc3c(F)cc(/C=C/C#N)cc3Cl)c21. The number of ether oxygens (including phenoxy) is 1. The first-order chi connectivity index (χ1) is 15.8. The van der Waals surface area contributed by atoms with Crippen molar-refractivity contribution >= 4 is 29.5 Å². The van der Waals surface area contributed by atoms with Crippen molar-refractivity contribution in [3.05, 3.63) is 45.9 Å². The highest BCUT2D eigenvalue weighted by atomic mass is 35.5. The Balaban J connectivity index is 1.49. The van der Waals surface area contributed by atoms with E-state index in [0.29, 0.717) is 23.5 Å². The molecular weight excluding hydrogens is 447 g/mol. The van der Waals surface area contributed by atoms with Gasteiger partial charge in [0.15, 0.2) is 11.6 Å². The van der Waals surface area contributed by atoms with Crippen molar-refractivity contribution < 1.29 is 13.9 Å². The number of nitrogens with one attached hydrogen (secondary N) is 2. The van der Waals surface area contributed by atoms with E-state index >= 15 is 0 Å². The van der Waals surface area contributed by atoms with Crippen molar-refractivity contribution in [3.8, 4) is 23.8 Å². The maximum absolute atomic E-state index is 14.8. The third-order valence-corrected chi connectivity index (χ3v) is 6.79. The highest BCUT2D eigenvalue weighted by Gasteiger charge is 2.56. The zero-order chi connectivity index (χ0) is 23.3. The molecule has 10 heteroatoms. The Morgan fingerprint density at radius 1 is 1.33 bits per heavy atom. The summed E-state index contributed by atoms with van der Waals surface area (Å²) >= 11 is 6.26. The summed E-state index contributed by atoms with van der Waals surface area (Å²) in [5.41, 5.74) is 0.681. The second-order valence-electron chi connectivity index (χ2n) is 8.70. The summed E-state index contributed by atoms with van der Waals surface area (Å²) in [6.07, 6.45) is 4.99. The zero-order valence-electron chi connectivity index (χ0n) is 17.5. The van der Waals surface area contributed by atoms with Crippen molar-refractivity contribution in [3.63, 3.8) is 0 Å². The quantitative estimate of drug-likeness (QED) is 0.624. The number of amides is 1. The van der Waals surface area contributed by atoms with Gasteiger partial charge in [-0.25, -0.2) is 9.37 Å². The number of aromatic nitrogens is 2. The average Bonchev–Trinajstić information content (AvgIpc) is 3.37. The van der Waals surface area contributed by atoms with Crippen LogP contribution in [0.25, 0.3) is 6.08 Å². The molecule has 2 atom stereocenters. The van der Waals surface area contributed by atoms with Gasteiger partial charge in [0.25, 0.3) is 5.91 Å². The van der Waals surface area contributed by atoms with Gasteiger partial charge in [-0.05, 0) is 55.9 Å². The zero-order valence-corrected chi connectivity index (χ0v) is 18.3. The van der Waals surface area contributed by atoms with Gasteiger partial charge < -0.3 is 15.4 Å². The molecule has 2 aromatic rings. The lowest BCUT2D eigenvalue weighted by molar-refractivity contribution is 0.0954. The summed E-state index contributed by atoms with van der Waals surface area (Å²) in [6, 6.07) is 6.48. The molecule has 1 aromatic carbocycles. The predicted octanol–water partition coefficient (Wildman–Crippen LogP) is 4.51. The Morgan fingerprint density at radius 2 is 2.12 bits per heavy atom. The minimum atomic E-state index is -0.737. The molecule has 8 nitrogen and oxygen atoms in total. The van der Waals surface area contributed by atoms with Gasteiger partial charge in [-0.1, -0.05) is 11.6 Å². The first-order valence-corrected chi connectivity index (χ1v) is 10.8. The van der Waals surface area contributed by atoms with E-state index in [1.54, 1.807) is 6.92 Å². The molecule has 6 rings (SSSR count).